The minimum absolute atomic E-state index is 0.00505. The Balaban J connectivity index is 1.75. The maximum absolute atomic E-state index is 13.0. The van der Waals surface area contributed by atoms with Gasteiger partial charge in [-0.3, -0.25) is 20.0 Å². The van der Waals surface area contributed by atoms with Crippen molar-refractivity contribution in [1.29, 1.82) is 0 Å². The molecule has 1 fully saturated rings. The number of pyridine rings is 1. The normalized spacial score (nSPS) is 17.6. The van der Waals surface area contributed by atoms with Crippen molar-refractivity contribution in [3.05, 3.63) is 64.0 Å². The summed E-state index contributed by atoms with van der Waals surface area (Å²) >= 11 is 0. The lowest BCUT2D eigenvalue weighted by Crippen LogP contribution is -2.49. The average molecular weight is 390 g/mol. The SMILES string of the molecule is Cc1ccc([N+](=O)[O-])cc1S(=O)(=O)N1CCN([C@H](C)c2cccnc2)CC1. The second kappa shape index (κ2) is 7.71. The lowest BCUT2D eigenvalue weighted by molar-refractivity contribution is -0.385. The third kappa shape index (κ3) is 4.00. The molecular weight excluding hydrogens is 368 g/mol. The van der Waals surface area contributed by atoms with E-state index in [1.54, 1.807) is 13.1 Å². The molecule has 2 aromatic rings. The topological polar surface area (TPSA) is 96.6 Å². The van der Waals surface area contributed by atoms with E-state index in [0.29, 0.717) is 31.7 Å². The van der Waals surface area contributed by atoms with Crippen molar-refractivity contribution in [2.45, 2.75) is 24.8 Å². The smallest absolute Gasteiger partial charge is 0.270 e. The zero-order valence-electron chi connectivity index (χ0n) is 15.3. The summed E-state index contributed by atoms with van der Waals surface area (Å²) in [6, 6.07) is 7.98. The van der Waals surface area contributed by atoms with Crippen molar-refractivity contribution in [3.8, 4) is 0 Å². The molecule has 1 aromatic heterocycles. The number of nitrogens with zero attached hydrogens (tertiary/aromatic N) is 4. The predicted octanol–water partition coefficient (Wildman–Crippen LogP) is 2.37. The number of hydrogen-bond donors (Lipinski definition) is 0. The summed E-state index contributed by atoms with van der Waals surface area (Å²) < 4.78 is 27.4. The largest absolute Gasteiger partial charge is 0.294 e. The summed E-state index contributed by atoms with van der Waals surface area (Å²) in [6.45, 7) is 5.58. The Labute approximate surface area is 158 Å². The van der Waals surface area contributed by atoms with Crippen molar-refractivity contribution < 1.29 is 13.3 Å². The van der Waals surface area contributed by atoms with Crippen molar-refractivity contribution in [2.75, 3.05) is 26.2 Å². The number of non-ortho nitro benzene ring substituents is 1. The highest BCUT2D eigenvalue weighted by molar-refractivity contribution is 7.89. The average Bonchev–Trinajstić information content (AvgIpc) is 2.68. The van der Waals surface area contributed by atoms with E-state index < -0.39 is 14.9 Å². The number of aryl methyl sites for hydroxylation is 1. The molecule has 0 bridgehead atoms. The van der Waals surface area contributed by atoms with Gasteiger partial charge in [0.2, 0.25) is 10.0 Å². The number of rotatable bonds is 5. The van der Waals surface area contributed by atoms with Gasteiger partial charge in [0.05, 0.1) is 9.82 Å². The van der Waals surface area contributed by atoms with Crippen LogP contribution in [0.4, 0.5) is 5.69 Å². The first-order valence-electron chi connectivity index (χ1n) is 8.70. The third-order valence-corrected chi connectivity index (χ3v) is 7.03. The monoisotopic (exact) mass is 390 g/mol. The molecule has 1 atom stereocenters. The Morgan fingerprint density at radius 2 is 1.89 bits per heavy atom. The van der Waals surface area contributed by atoms with E-state index >= 15 is 0 Å². The molecule has 8 nitrogen and oxygen atoms in total. The van der Waals surface area contributed by atoms with Crippen LogP contribution < -0.4 is 0 Å². The van der Waals surface area contributed by atoms with Crippen LogP contribution in [0.15, 0.2) is 47.6 Å². The second-order valence-corrected chi connectivity index (χ2v) is 8.52. The van der Waals surface area contributed by atoms with Gasteiger partial charge in [0.15, 0.2) is 0 Å². The fraction of sp³-hybridized carbons (Fsp3) is 0.389. The number of benzene rings is 1. The molecule has 0 spiro atoms. The van der Waals surface area contributed by atoms with Crippen molar-refractivity contribution in [1.82, 2.24) is 14.2 Å². The number of nitro benzene ring substituents is 1. The van der Waals surface area contributed by atoms with E-state index in [1.807, 2.05) is 18.3 Å². The molecule has 9 heteroatoms. The van der Waals surface area contributed by atoms with Crippen LogP contribution in [0.2, 0.25) is 0 Å². The summed E-state index contributed by atoms with van der Waals surface area (Å²) in [7, 11) is -3.77. The number of sulfonamides is 1. The molecule has 1 aliphatic rings. The number of nitro groups is 1. The molecule has 0 amide bonds. The molecule has 0 N–H and O–H groups in total. The van der Waals surface area contributed by atoms with Gasteiger partial charge >= 0.3 is 0 Å². The first-order valence-corrected chi connectivity index (χ1v) is 10.1. The molecule has 2 heterocycles. The third-order valence-electron chi connectivity index (χ3n) is 4.99. The quantitative estimate of drug-likeness (QED) is 0.574. The van der Waals surface area contributed by atoms with E-state index in [-0.39, 0.29) is 16.6 Å². The van der Waals surface area contributed by atoms with Gasteiger partial charge in [0.1, 0.15) is 0 Å². The molecule has 1 aliphatic heterocycles. The van der Waals surface area contributed by atoms with Crippen LogP contribution in [0.3, 0.4) is 0 Å². The Kier molecular flexibility index (Phi) is 5.54. The van der Waals surface area contributed by atoms with Crippen molar-refractivity contribution in [3.63, 3.8) is 0 Å². The van der Waals surface area contributed by atoms with Crippen molar-refractivity contribution in [2.24, 2.45) is 0 Å². The van der Waals surface area contributed by atoms with Gasteiger partial charge in [0, 0.05) is 56.7 Å². The summed E-state index contributed by atoms with van der Waals surface area (Å²) in [6.07, 6.45) is 3.54. The number of hydrogen-bond acceptors (Lipinski definition) is 6. The summed E-state index contributed by atoms with van der Waals surface area (Å²) in [5.74, 6) is 0. The van der Waals surface area contributed by atoms with Crippen LogP contribution in [0.25, 0.3) is 0 Å². The fourth-order valence-electron chi connectivity index (χ4n) is 3.28. The minimum atomic E-state index is -3.77. The van der Waals surface area contributed by atoms with Crippen LogP contribution in [0, 0.1) is 17.0 Å². The van der Waals surface area contributed by atoms with Gasteiger partial charge in [0.25, 0.3) is 5.69 Å². The van der Waals surface area contributed by atoms with Crippen LogP contribution in [-0.2, 0) is 10.0 Å². The first kappa shape index (κ1) is 19.4. The minimum Gasteiger partial charge on any atom is -0.294 e. The number of piperazine rings is 1. The van der Waals surface area contributed by atoms with E-state index in [9.17, 15) is 18.5 Å². The van der Waals surface area contributed by atoms with Crippen LogP contribution in [0.1, 0.15) is 24.1 Å². The molecular formula is C18H22N4O4S. The van der Waals surface area contributed by atoms with Gasteiger partial charge in [-0.05, 0) is 31.0 Å². The molecule has 1 saturated heterocycles. The molecule has 0 unspecified atom stereocenters. The van der Waals surface area contributed by atoms with Crippen LogP contribution in [-0.4, -0.2) is 53.7 Å². The van der Waals surface area contributed by atoms with Gasteiger partial charge < -0.3 is 0 Å². The molecule has 0 saturated carbocycles. The molecule has 1 aromatic carbocycles. The zero-order valence-corrected chi connectivity index (χ0v) is 16.1. The molecule has 27 heavy (non-hydrogen) atoms. The van der Waals surface area contributed by atoms with Gasteiger partial charge in [-0.25, -0.2) is 8.42 Å². The predicted molar refractivity (Wildman–Crippen MR) is 101 cm³/mol. The first-order chi connectivity index (χ1) is 12.8. The standard InChI is InChI=1S/C18H22N4O4S/c1-14-5-6-17(22(23)24)12-18(14)27(25,26)21-10-8-20(9-11-21)15(2)16-4-3-7-19-13-16/h3-7,12-13,15H,8-11H2,1-2H3/t15-/m1/s1. The van der Waals surface area contributed by atoms with Gasteiger partial charge in [-0.1, -0.05) is 12.1 Å². The van der Waals surface area contributed by atoms with E-state index in [4.69, 9.17) is 0 Å². The van der Waals surface area contributed by atoms with Gasteiger partial charge in [-0.15, -0.1) is 0 Å². The Bertz CT molecular complexity index is 926. The highest BCUT2D eigenvalue weighted by atomic mass is 32.2. The van der Waals surface area contributed by atoms with E-state index in [1.165, 1.54) is 16.4 Å². The molecule has 0 radical (unpaired) electrons. The zero-order chi connectivity index (χ0) is 19.6. The van der Waals surface area contributed by atoms with Crippen LogP contribution in [0.5, 0.6) is 0 Å². The van der Waals surface area contributed by atoms with E-state index in [0.717, 1.165) is 11.6 Å². The van der Waals surface area contributed by atoms with E-state index in [2.05, 4.69) is 16.8 Å². The molecule has 144 valence electrons. The van der Waals surface area contributed by atoms with Gasteiger partial charge in [-0.2, -0.15) is 4.31 Å². The lowest BCUT2D eigenvalue weighted by atomic mass is 10.1. The highest BCUT2D eigenvalue weighted by Gasteiger charge is 2.32. The Morgan fingerprint density at radius 3 is 2.48 bits per heavy atom. The molecule has 0 aliphatic carbocycles. The summed E-state index contributed by atoms with van der Waals surface area (Å²) in [5, 5.41) is 11.0. The Morgan fingerprint density at radius 1 is 1.19 bits per heavy atom. The number of aromatic nitrogens is 1. The summed E-state index contributed by atoms with van der Waals surface area (Å²) in [4.78, 5) is 16.8. The maximum Gasteiger partial charge on any atom is 0.270 e. The highest BCUT2D eigenvalue weighted by Crippen LogP contribution is 2.27. The Hall–Kier alpha value is -2.36. The second-order valence-electron chi connectivity index (χ2n) is 6.61. The fourth-order valence-corrected chi connectivity index (χ4v) is 4.95. The van der Waals surface area contributed by atoms with Crippen molar-refractivity contribution >= 4 is 15.7 Å². The maximum atomic E-state index is 13.0. The summed E-state index contributed by atoms with van der Waals surface area (Å²) in [5.41, 5.74) is 1.37. The van der Waals surface area contributed by atoms with Crippen LogP contribution >= 0.6 is 0 Å². The lowest BCUT2D eigenvalue weighted by Gasteiger charge is -2.37. The molecule has 3 rings (SSSR count).